The maximum absolute atomic E-state index is 13.4. The predicted molar refractivity (Wildman–Crippen MR) is 135 cm³/mol. The quantitative estimate of drug-likeness (QED) is 0.340. The van der Waals surface area contributed by atoms with Gasteiger partial charge in [0.15, 0.2) is 0 Å². The van der Waals surface area contributed by atoms with E-state index in [4.69, 9.17) is 21.4 Å². The van der Waals surface area contributed by atoms with E-state index in [1.807, 2.05) is 0 Å². The summed E-state index contributed by atoms with van der Waals surface area (Å²) < 4.78 is 48.1. The van der Waals surface area contributed by atoms with Crippen LogP contribution in [0.3, 0.4) is 0 Å². The highest BCUT2D eigenvalue weighted by Gasteiger charge is 2.22. The number of hydrogen-bond acceptors (Lipinski definition) is 7. The van der Waals surface area contributed by atoms with E-state index in [0.29, 0.717) is 16.6 Å². The van der Waals surface area contributed by atoms with Gasteiger partial charge in [-0.15, -0.1) is 0 Å². The lowest BCUT2D eigenvalue weighted by atomic mass is 10.0. The molecule has 4 rings (SSSR count). The topological polar surface area (TPSA) is 140 Å². The van der Waals surface area contributed by atoms with Gasteiger partial charge in [-0.2, -0.15) is 0 Å². The summed E-state index contributed by atoms with van der Waals surface area (Å²) in [4.78, 5) is 32.3. The number of fused-ring (bicyclic) bond motifs is 1. The molecule has 0 fully saturated rings. The monoisotopic (exact) mass is 546 g/mol. The van der Waals surface area contributed by atoms with E-state index < -0.39 is 33.3 Å². The van der Waals surface area contributed by atoms with Gasteiger partial charge in [-0.25, -0.2) is 22.8 Å². The average Bonchev–Trinajstić information content (AvgIpc) is 2.85. The Hall–Kier alpha value is -4.03. The lowest BCUT2D eigenvalue weighted by Crippen LogP contribution is -2.26. The number of carbonyl (C=O) groups is 1. The highest BCUT2D eigenvalue weighted by atomic mass is 35.5. The number of pyridine rings is 1. The Morgan fingerprint density at radius 3 is 2.62 bits per heavy atom. The third kappa shape index (κ3) is 5.39. The van der Waals surface area contributed by atoms with Crippen molar-refractivity contribution in [1.82, 2.24) is 14.5 Å². The van der Waals surface area contributed by atoms with Crippen molar-refractivity contribution in [2.75, 3.05) is 11.8 Å². The molecular weight excluding hydrogens is 527 g/mol. The van der Waals surface area contributed by atoms with Gasteiger partial charge in [0.1, 0.15) is 16.4 Å². The van der Waals surface area contributed by atoms with Gasteiger partial charge in [0, 0.05) is 18.3 Å². The second-order valence-corrected chi connectivity index (χ2v) is 10.2. The van der Waals surface area contributed by atoms with Gasteiger partial charge >= 0.3 is 5.97 Å². The summed E-state index contributed by atoms with van der Waals surface area (Å²) in [6.07, 6.45) is 2.73. The van der Waals surface area contributed by atoms with Gasteiger partial charge in [-0.3, -0.25) is 18.9 Å². The van der Waals surface area contributed by atoms with Gasteiger partial charge in [-0.05, 0) is 42.0 Å². The molecule has 1 atom stereocenters. The van der Waals surface area contributed by atoms with Crippen molar-refractivity contribution in [2.24, 2.45) is 5.92 Å². The number of carboxylic acids is 1. The third-order valence-corrected chi connectivity index (χ3v) is 7.37. The molecule has 2 aromatic carbocycles. The molecule has 192 valence electrons. The highest BCUT2D eigenvalue weighted by molar-refractivity contribution is 7.92. The summed E-state index contributed by atoms with van der Waals surface area (Å²) in [6, 6.07) is 9.21. The van der Waals surface area contributed by atoms with Crippen LogP contribution in [-0.2, 0) is 21.4 Å². The van der Waals surface area contributed by atoms with E-state index in [0.717, 1.165) is 18.2 Å². The molecule has 0 bridgehead atoms. The minimum atomic E-state index is -4.24. The third-order valence-electron chi connectivity index (χ3n) is 5.52. The van der Waals surface area contributed by atoms with Crippen LogP contribution in [0.2, 0.25) is 5.02 Å². The molecule has 0 aliphatic rings. The lowest BCUT2D eigenvalue weighted by Gasteiger charge is -2.14. The lowest BCUT2D eigenvalue weighted by molar-refractivity contribution is -0.141. The summed E-state index contributed by atoms with van der Waals surface area (Å²) in [5.74, 6) is -2.55. The van der Waals surface area contributed by atoms with Crippen LogP contribution in [0.5, 0.6) is 5.88 Å². The molecule has 0 amide bonds. The smallest absolute Gasteiger partial charge is 0.308 e. The van der Waals surface area contributed by atoms with E-state index in [1.165, 1.54) is 37.2 Å². The van der Waals surface area contributed by atoms with Crippen molar-refractivity contribution in [2.45, 2.75) is 18.4 Å². The molecule has 4 aromatic rings. The number of ether oxygens (including phenoxy) is 1. The normalized spacial score (nSPS) is 12.3. The van der Waals surface area contributed by atoms with Crippen molar-refractivity contribution in [3.8, 4) is 17.0 Å². The molecule has 2 heterocycles. The number of anilines is 1. The first kappa shape index (κ1) is 26.0. The number of sulfonamides is 1. The number of carboxylic acid groups (broad SMARTS) is 1. The van der Waals surface area contributed by atoms with Crippen LogP contribution < -0.4 is 15.0 Å². The van der Waals surface area contributed by atoms with Crippen LogP contribution in [-0.4, -0.2) is 41.1 Å². The molecule has 0 saturated heterocycles. The van der Waals surface area contributed by atoms with Crippen molar-refractivity contribution in [1.29, 1.82) is 0 Å². The molecule has 2 aromatic heterocycles. The first-order chi connectivity index (χ1) is 17.5. The second kappa shape index (κ2) is 10.1. The first-order valence-electron chi connectivity index (χ1n) is 10.7. The number of aliphatic carboxylic acids is 1. The zero-order valence-corrected chi connectivity index (χ0v) is 21.0. The van der Waals surface area contributed by atoms with E-state index in [2.05, 4.69) is 14.7 Å². The standard InChI is InChI=1S/C24H20ClFN4O6S/c1-13(24(32)33)11-30-12-28-19-5-3-14(7-17(19)23(30)31)15-8-20(22(36-2)27-10-15)29-37(34,35)21-6-4-16(26)9-18(21)25/h3-10,12-13,29H,11H2,1-2H3,(H,32,33)/t13-/m1/s1. The van der Waals surface area contributed by atoms with Gasteiger partial charge < -0.3 is 9.84 Å². The minimum Gasteiger partial charge on any atom is -0.481 e. The first-order valence-corrected chi connectivity index (χ1v) is 12.6. The number of rotatable bonds is 8. The Morgan fingerprint density at radius 2 is 1.95 bits per heavy atom. The Morgan fingerprint density at radius 1 is 1.19 bits per heavy atom. The molecule has 2 N–H and O–H groups in total. The minimum absolute atomic E-state index is 0.0145. The molecule has 0 radical (unpaired) electrons. The number of nitrogens with one attached hydrogen (secondary N) is 1. The van der Waals surface area contributed by atoms with Gasteiger partial charge in [0.25, 0.3) is 15.6 Å². The molecule has 0 spiro atoms. The van der Waals surface area contributed by atoms with Crippen LogP contribution in [0.15, 0.2) is 64.7 Å². The van der Waals surface area contributed by atoms with E-state index in [1.54, 1.807) is 18.2 Å². The predicted octanol–water partition coefficient (Wildman–Crippen LogP) is 3.78. The number of halogens is 2. The maximum Gasteiger partial charge on any atom is 0.308 e. The van der Waals surface area contributed by atoms with E-state index in [-0.39, 0.29) is 33.4 Å². The molecule has 0 aliphatic carbocycles. The van der Waals surface area contributed by atoms with Crippen molar-refractivity contribution in [3.63, 3.8) is 0 Å². The summed E-state index contributed by atoms with van der Waals surface area (Å²) in [5.41, 5.74) is 0.930. The zero-order chi connectivity index (χ0) is 26.9. The zero-order valence-electron chi connectivity index (χ0n) is 19.5. The number of hydrogen-bond donors (Lipinski definition) is 2. The number of methoxy groups -OCH3 is 1. The van der Waals surface area contributed by atoms with Crippen LogP contribution in [0, 0.1) is 11.7 Å². The van der Waals surface area contributed by atoms with Gasteiger partial charge in [0.2, 0.25) is 5.88 Å². The van der Waals surface area contributed by atoms with E-state index in [9.17, 15) is 22.4 Å². The summed E-state index contributed by atoms with van der Waals surface area (Å²) in [6.45, 7) is 1.43. The summed E-state index contributed by atoms with van der Waals surface area (Å²) >= 11 is 5.94. The van der Waals surface area contributed by atoms with Crippen molar-refractivity contribution >= 4 is 44.2 Å². The number of nitrogens with zero attached hydrogens (tertiary/aromatic N) is 3. The second-order valence-electron chi connectivity index (χ2n) is 8.13. The van der Waals surface area contributed by atoms with Crippen LogP contribution >= 0.6 is 11.6 Å². The summed E-state index contributed by atoms with van der Waals surface area (Å²) in [5, 5.41) is 9.11. The molecule has 13 heteroatoms. The Balaban J connectivity index is 1.75. The number of benzene rings is 2. The van der Waals surface area contributed by atoms with Crippen molar-refractivity contribution in [3.05, 3.63) is 76.2 Å². The van der Waals surface area contributed by atoms with Crippen LogP contribution in [0.25, 0.3) is 22.0 Å². The average molecular weight is 547 g/mol. The molecule has 0 aliphatic heterocycles. The Kier molecular flexibility index (Phi) is 7.14. The fourth-order valence-electron chi connectivity index (χ4n) is 3.58. The maximum atomic E-state index is 13.4. The van der Waals surface area contributed by atoms with Crippen LogP contribution in [0.1, 0.15) is 6.92 Å². The fraction of sp³-hybridized carbons (Fsp3) is 0.167. The van der Waals surface area contributed by atoms with Crippen molar-refractivity contribution < 1.29 is 27.4 Å². The Labute approximate surface area is 215 Å². The molecular formula is C24H20ClFN4O6S. The molecule has 10 nitrogen and oxygen atoms in total. The molecule has 0 saturated carbocycles. The van der Waals surface area contributed by atoms with Gasteiger partial charge in [0.05, 0.1) is 35.3 Å². The fourth-order valence-corrected chi connectivity index (χ4v) is 5.16. The largest absolute Gasteiger partial charge is 0.481 e. The SMILES string of the molecule is COc1ncc(-c2ccc3ncn(C[C@@H](C)C(=O)O)c(=O)c3c2)cc1NS(=O)(=O)c1ccc(F)cc1Cl. The van der Waals surface area contributed by atoms with Crippen LogP contribution in [0.4, 0.5) is 10.1 Å². The Bertz CT molecular complexity index is 1690. The molecule has 0 unspecified atom stereocenters. The van der Waals surface area contributed by atoms with E-state index >= 15 is 0 Å². The highest BCUT2D eigenvalue weighted by Crippen LogP contribution is 2.32. The number of aromatic nitrogens is 3. The molecule has 37 heavy (non-hydrogen) atoms. The van der Waals surface area contributed by atoms with Gasteiger partial charge in [-0.1, -0.05) is 24.6 Å². The summed E-state index contributed by atoms with van der Waals surface area (Å²) in [7, 11) is -2.93.